The van der Waals surface area contributed by atoms with Crippen LogP contribution >= 0.6 is 0 Å². The lowest BCUT2D eigenvalue weighted by Crippen LogP contribution is -2.24. The van der Waals surface area contributed by atoms with Crippen LogP contribution in [0.2, 0.25) is 0 Å². The van der Waals surface area contributed by atoms with Crippen molar-refractivity contribution < 1.29 is 19.1 Å². The van der Waals surface area contributed by atoms with Gasteiger partial charge in [-0.2, -0.15) is 0 Å². The van der Waals surface area contributed by atoms with Crippen molar-refractivity contribution in [3.63, 3.8) is 0 Å². The molecule has 2 aromatic carbocycles. The molecule has 0 amide bonds. The molecular formula is C22H23NO4. The lowest BCUT2D eigenvalue weighted by molar-refractivity contribution is 0.0319. The van der Waals surface area contributed by atoms with Crippen molar-refractivity contribution in [3.05, 3.63) is 65.4 Å². The van der Waals surface area contributed by atoms with E-state index in [1.165, 1.54) is 0 Å². The van der Waals surface area contributed by atoms with Crippen molar-refractivity contribution in [1.29, 1.82) is 0 Å². The van der Waals surface area contributed by atoms with E-state index in [1.807, 2.05) is 45.0 Å². The molecule has 0 radical (unpaired) electrons. The number of para-hydroxylation sites is 1. The molecule has 3 rings (SSSR count). The first kappa shape index (κ1) is 18.7. The lowest BCUT2D eigenvalue weighted by Gasteiger charge is -2.13. The molecule has 0 saturated carbocycles. The summed E-state index contributed by atoms with van der Waals surface area (Å²) in [6.45, 7) is 7.30. The van der Waals surface area contributed by atoms with Crippen LogP contribution in [0.5, 0.6) is 5.75 Å². The smallest absolute Gasteiger partial charge is 0.338 e. The molecule has 0 spiro atoms. The second-order valence-electron chi connectivity index (χ2n) is 6.77. The summed E-state index contributed by atoms with van der Waals surface area (Å²) in [7, 11) is 0. The minimum Gasteiger partial charge on any atom is -0.491 e. The van der Waals surface area contributed by atoms with E-state index >= 15 is 0 Å². The number of ether oxygens (including phenoxy) is 2. The molecule has 0 fully saturated rings. The summed E-state index contributed by atoms with van der Waals surface area (Å²) in [5.41, 5.74) is 2.59. The van der Waals surface area contributed by atoms with E-state index in [0.29, 0.717) is 16.9 Å². The van der Waals surface area contributed by atoms with Gasteiger partial charge >= 0.3 is 5.97 Å². The molecule has 1 heterocycles. The molecule has 0 aliphatic carbocycles. The number of fused-ring (bicyclic) bond motifs is 1. The molecule has 0 saturated heterocycles. The molecule has 0 unspecified atom stereocenters. The van der Waals surface area contributed by atoms with Gasteiger partial charge in [0.15, 0.2) is 6.10 Å². The second-order valence-corrected chi connectivity index (χ2v) is 6.77. The maximum Gasteiger partial charge on any atom is 0.338 e. The Morgan fingerprint density at radius 3 is 2.30 bits per heavy atom. The quantitative estimate of drug-likeness (QED) is 0.508. The number of hydrogen-bond donors (Lipinski definition) is 1. The minimum absolute atomic E-state index is 0.0554. The number of aryl methyl sites for hydroxylation is 1. The summed E-state index contributed by atoms with van der Waals surface area (Å²) in [6, 6.07) is 14.3. The number of Topliss-reactive ketones (excluding diaryl/α,β-unsaturated/α-hetero) is 1. The van der Waals surface area contributed by atoms with Crippen molar-refractivity contribution in [2.24, 2.45) is 0 Å². The van der Waals surface area contributed by atoms with Gasteiger partial charge in [0.25, 0.3) is 0 Å². The summed E-state index contributed by atoms with van der Waals surface area (Å²) in [5.74, 6) is -0.0809. The van der Waals surface area contributed by atoms with Gasteiger partial charge in [-0.05, 0) is 58.0 Å². The van der Waals surface area contributed by atoms with E-state index in [0.717, 1.165) is 16.6 Å². The number of aromatic amines is 1. The Morgan fingerprint density at radius 2 is 1.63 bits per heavy atom. The standard InChI is InChI=1S/C22H23NO4/c1-13(2)26-17-11-9-16(10-12-17)22(25)27-15(4)21(24)20-14(3)23-19-8-6-5-7-18(19)20/h5-13,15,23H,1-4H3/t15-/m1/s1. The highest BCUT2D eigenvalue weighted by molar-refractivity contribution is 6.11. The Bertz CT molecular complexity index is 970. The second kappa shape index (κ2) is 7.66. The molecule has 140 valence electrons. The maximum atomic E-state index is 12.9. The Balaban J connectivity index is 1.74. The summed E-state index contributed by atoms with van der Waals surface area (Å²) >= 11 is 0. The summed E-state index contributed by atoms with van der Waals surface area (Å²) in [6.07, 6.45) is -0.832. The first-order chi connectivity index (χ1) is 12.9. The third-order valence-electron chi connectivity index (χ3n) is 4.25. The highest BCUT2D eigenvalue weighted by Gasteiger charge is 2.24. The molecule has 1 aromatic heterocycles. The number of nitrogens with one attached hydrogen (secondary N) is 1. The van der Waals surface area contributed by atoms with E-state index in [2.05, 4.69) is 4.98 Å². The maximum absolute atomic E-state index is 12.9. The fraction of sp³-hybridized carbons (Fsp3) is 0.273. The van der Waals surface area contributed by atoms with Gasteiger partial charge in [0.2, 0.25) is 5.78 Å². The molecule has 5 nitrogen and oxygen atoms in total. The van der Waals surface area contributed by atoms with Crippen LogP contribution in [0.1, 0.15) is 47.2 Å². The normalized spacial score (nSPS) is 12.2. The molecule has 0 aliphatic heterocycles. The van der Waals surface area contributed by atoms with Gasteiger partial charge in [0.05, 0.1) is 11.7 Å². The van der Waals surface area contributed by atoms with Crippen LogP contribution in [0.15, 0.2) is 48.5 Å². The average Bonchev–Trinajstić information content (AvgIpc) is 2.96. The number of rotatable bonds is 6. The van der Waals surface area contributed by atoms with Gasteiger partial charge in [-0.3, -0.25) is 4.79 Å². The predicted molar refractivity (Wildman–Crippen MR) is 104 cm³/mol. The zero-order valence-electron chi connectivity index (χ0n) is 15.9. The Hall–Kier alpha value is -3.08. The largest absolute Gasteiger partial charge is 0.491 e. The predicted octanol–water partition coefficient (Wildman–Crippen LogP) is 4.69. The molecule has 5 heteroatoms. The first-order valence-corrected chi connectivity index (χ1v) is 8.96. The van der Waals surface area contributed by atoms with Gasteiger partial charge in [0.1, 0.15) is 5.75 Å². The van der Waals surface area contributed by atoms with Crippen molar-refractivity contribution in [1.82, 2.24) is 4.98 Å². The van der Waals surface area contributed by atoms with E-state index in [9.17, 15) is 9.59 Å². The van der Waals surface area contributed by atoms with Crippen LogP contribution in [0.25, 0.3) is 10.9 Å². The average molecular weight is 365 g/mol. The molecular weight excluding hydrogens is 342 g/mol. The Kier molecular flexibility index (Phi) is 5.31. The molecule has 27 heavy (non-hydrogen) atoms. The van der Waals surface area contributed by atoms with Crippen LogP contribution < -0.4 is 4.74 Å². The number of carbonyl (C=O) groups excluding carboxylic acids is 2. The molecule has 1 N–H and O–H groups in total. The first-order valence-electron chi connectivity index (χ1n) is 8.96. The van der Waals surface area contributed by atoms with Crippen molar-refractivity contribution in [2.75, 3.05) is 0 Å². The number of benzene rings is 2. The van der Waals surface area contributed by atoms with E-state index in [4.69, 9.17) is 9.47 Å². The Labute approximate surface area is 158 Å². The van der Waals surface area contributed by atoms with E-state index in [1.54, 1.807) is 31.2 Å². The fourth-order valence-electron chi connectivity index (χ4n) is 3.02. The lowest BCUT2D eigenvalue weighted by atomic mass is 10.0. The van der Waals surface area contributed by atoms with E-state index < -0.39 is 12.1 Å². The van der Waals surface area contributed by atoms with Crippen LogP contribution in [0.4, 0.5) is 0 Å². The summed E-state index contributed by atoms with van der Waals surface area (Å²) < 4.78 is 11.0. The molecule has 3 aromatic rings. The summed E-state index contributed by atoms with van der Waals surface area (Å²) in [5, 5.41) is 0.832. The summed E-state index contributed by atoms with van der Waals surface area (Å²) in [4.78, 5) is 28.4. The number of carbonyl (C=O) groups is 2. The number of H-pyrrole nitrogens is 1. The fourth-order valence-corrected chi connectivity index (χ4v) is 3.02. The van der Waals surface area contributed by atoms with Crippen LogP contribution in [-0.2, 0) is 4.74 Å². The highest BCUT2D eigenvalue weighted by Crippen LogP contribution is 2.24. The van der Waals surface area contributed by atoms with Crippen LogP contribution in [0, 0.1) is 6.92 Å². The number of hydrogen-bond acceptors (Lipinski definition) is 4. The molecule has 0 bridgehead atoms. The van der Waals surface area contributed by atoms with Crippen LogP contribution in [0.3, 0.4) is 0 Å². The van der Waals surface area contributed by atoms with Crippen molar-refractivity contribution in [3.8, 4) is 5.75 Å². The highest BCUT2D eigenvalue weighted by atomic mass is 16.5. The minimum atomic E-state index is -0.887. The van der Waals surface area contributed by atoms with Gasteiger partial charge in [-0.1, -0.05) is 18.2 Å². The topological polar surface area (TPSA) is 68.4 Å². The van der Waals surface area contributed by atoms with Gasteiger partial charge in [0, 0.05) is 22.2 Å². The van der Waals surface area contributed by atoms with Crippen molar-refractivity contribution >= 4 is 22.7 Å². The number of aromatic nitrogens is 1. The zero-order valence-corrected chi connectivity index (χ0v) is 15.9. The molecule has 1 atom stereocenters. The number of esters is 1. The Morgan fingerprint density at radius 1 is 0.963 bits per heavy atom. The van der Waals surface area contributed by atoms with Crippen molar-refractivity contribution in [2.45, 2.75) is 39.9 Å². The third-order valence-corrected chi connectivity index (χ3v) is 4.25. The monoisotopic (exact) mass is 365 g/mol. The number of ketones is 1. The van der Waals surface area contributed by atoms with E-state index in [-0.39, 0.29) is 11.9 Å². The van der Waals surface area contributed by atoms with Gasteiger partial charge < -0.3 is 14.5 Å². The van der Waals surface area contributed by atoms with Gasteiger partial charge in [-0.25, -0.2) is 4.79 Å². The van der Waals surface area contributed by atoms with Crippen LogP contribution in [-0.4, -0.2) is 28.9 Å². The molecule has 0 aliphatic rings. The zero-order chi connectivity index (χ0) is 19.6. The van der Waals surface area contributed by atoms with Gasteiger partial charge in [-0.15, -0.1) is 0 Å². The third kappa shape index (κ3) is 4.03. The SMILES string of the molecule is Cc1[nH]c2ccccc2c1C(=O)[C@@H](C)OC(=O)c1ccc(OC(C)C)cc1.